The lowest BCUT2D eigenvalue weighted by Gasteiger charge is -2.31. The van der Waals surface area contributed by atoms with Crippen molar-refractivity contribution in [3.8, 4) is 12.3 Å². The van der Waals surface area contributed by atoms with Crippen LogP contribution in [0.1, 0.15) is 0 Å². The average molecular weight is 358 g/mol. The van der Waals surface area contributed by atoms with E-state index >= 15 is 0 Å². The molecule has 1 aliphatic rings. The van der Waals surface area contributed by atoms with Crippen molar-refractivity contribution in [3.05, 3.63) is 29.8 Å². The fourth-order valence-corrected chi connectivity index (χ4v) is 4.07. The monoisotopic (exact) mass is 358 g/mol. The van der Waals surface area contributed by atoms with Crippen LogP contribution in [0.4, 0.5) is 8.78 Å². The second kappa shape index (κ2) is 7.70. The number of hydrogen-bond donors (Lipinski definition) is 2. The van der Waals surface area contributed by atoms with Crippen molar-refractivity contribution in [3.63, 3.8) is 0 Å². The molecular formula is C15H18F2N3O3S+. The molecule has 0 bridgehead atoms. The van der Waals surface area contributed by atoms with Gasteiger partial charge < -0.3 is 10.2 Å². The van der Waals surface area contributed by atoms with Gasteiger partial charge in [0, 0.05) is 0 Å². The minimum absolute atomic E-state index is 0.0772. The van der Waals surface area contributed by atoms with Crippen LogP contribution in [0.25, 0.3) is 0 Å². The summed E-state index contributed by atoms with van der Waals surface area (Å²) in [5, 5.41) is 2.53. The molecule has 1 fully saturated rings. The zero-order valence-electron chi connectivity index (χ0n) is 12.9. The van der Waals surface area contributed by atoms with Gasteiger partial charge in [0.25, 0.3) is 5.91 Å². The van der Waals surface area contributed by atoms with Crippen LogP contribution in [0.2, 0.25) is 0 Å². The maximum Gasteiger partial charge on any atom is 0.275 e. The van der Waals surface area contributed by atoms with Crippen LogP contribution in [-0.4, -0.2) is 57.9 Å². The third kappa shape index (κ3) is 4.08. The molecule has 0 atom stereocenters. The van der Waals surface area contributed by atoms with E-state index in [9.17, 15) is 22.0 Å². The molecule has 2 rings (SSSR count). The summed E-state index contributed by atoms with van der Waals surface area (Å²) in [6.45, 7) is 1.18. The second-order valence-electron chi connectivity index (χ2n) is 5.36. The minimum Gasteiger partial charge on any atom is -0.340 e. The summed E-state index contributed by atoms with van der Waals surface area (Å²) in [7, 11) is -4.25. The van der Waals surface area contributed by atoms with Crippen molar-refractivity contribution in [2.45, 2.75) is 4.90 Å². The number of hydrogen-bond acceptors (Lipinski definition) is 3. The molecule has 0 unspecified atom stereocenters. The van der Waals surface area contributed by atoms with Crippen LogP contribution >= 0.6 is 0 Å². The molecule has 1 aliphatic heterocycles. The molecule has 6 nitrogen and oxygen atoms in total. The summed E-state index contributed by atoms with van der Waals surface area (Å²) < 4.78 is 53.4. The van der Waals surface area contributed by atoms with Crippen molar-refractivity contribution in [2.24, 2.45) is 0 Å². The van der Waals surface area contributed by atoms with Crippen LogP contribution in [0, 0.1) is 24.0 Å². The first-order chi connectivity index (χ1) is 11.4. The van der Waals surface area contributed by atoms with Gasteiger partial charge >= 0.3 is 0 Å². The Morgan fingerprint density at radius 3 is 2.42 bits per heavy atom. The standard InChI is InChI=1S/C15H17F2N3O3S/c1-2-6-18-14(21)11-19-7-9-20(10-8-19)24(22,23)15-12(16)4-3-5-13(15)17/h1,3-5H,6-11H2,(H,18,21)/p+1. The number of quaternary nitrogens is 1. The molecule has 0 aromatic heterocycles. The Bertz CT molecular complexity index is 733. The minimum atomic E-state index is -4.25. The van der Waals surface area contributed by atoms with Crippen molar-refractivity contribution in [1.29, 1.82) is 0 Å². The van der Waals surface area contributed by atoms with E-state index in [1.54, 1.807) is 0 Å². The highest BCUT2D eigenvalue weighted by molar-refractivity contribution is 7.89. The predicted octanol–water partition coefficient (Wildman–Crippen LogP) is -1.40. The van der Waals surface area contributed by atoms with Crippen LogP contribution in [0.15, 0.2) is 23.1 Å². The number of benzene rings is 1. The van der Waals surface area contributed by atoms with Gasteiger partial charge in [-0.05, 0) is 12.1 Å². The molecule has 130 valence electrons. The molecule has 1 aromatic carbocycles. The lowest BCUT2D eigenvalue weighted by molar-refractivity contribution is -0.895. The number of carbonyl (C=O) groups excluding carboxylic acids is 1. The quantitative estimate of drug-likeness (QED) is 0.637. The van der Waals surface area contributed by atoms with Crippen molar-refractivity contribution >= 4 is 15.9 Å². The normalized spacial score (nSPS) is 16.5. The van der Waals surface area contributed by atoms with Crippen molar-refractivity contribution < 1.29 is 26.9 Å². The lowest BCUT2D eigenvalue weighted by atomic mass is 10.3. The van der Waals surface area contributed by atoms with Gasteiger partial charge in [-0.1, -0.05) is 12.0 Å². The van der Waals surface area contributed by atoms with Gasteiger partial charge in [0.1, 0.15) is 11.6 Å². The highest BCUT2D eigenvalue weighted by Crippen LogP contribution is 2.22. The van der Waals surface area contributed by atoms with E-state index in [-0.39, 0.29) is 32.1 Å². The summed E-state index contributed by atoms with van der Waals surface area (Å²) in [6.07, 6.45) is 5.05. The molecular weight excluding hydrogens is 340 g/mol. The Morgan fingerprint density at radius 2 is 1.88 bits per heavy atom. The van der Waals surface area contributed by atoms with Crippen molar-refractivity contribution in [1.82, 2.24) is 9.62 Å². The highest BCUT2D eigenvalue weighted by Gasteiger charge is 2.34. The van der Waals surface area contributed by atoms with E-state index < -0.39 is 26.6 Å². The number of nitrogens with zero attached hydrogens (tertiary/aromatic N) is 1. The molecule has 2 N–H and O–H groups in total. The third-order valence-electron chi connectivity index (χ3n) is 3.74. The number of piperazine rings is 1. The van der Waals surface area contributed by atoms with E-state index in [2.05, 4.69) is 11.2 Å². The van der Waals surface area contributed by atoms with Gasteiger partial charge in [0.05, 0.1) is 32.7 Å². The maximum atomic E-state index is 13.7. The van der Waals surface area contributed by atoms with E-state index in [1.807, 2.05) is 0 Å². The summed E-state index contributed by atoms with van der Waals surface area (Å²) in [6, 6.07) is 2.93. The van der Waals surface area contributed by atoms with Crippen LogP contribution in [-0.2, 0) is 14.8 Å². The number of amides is 1. The first-order valence-electron chi connectivity index (χ1n) is 7.34. The van der Waals surface area contributed by atoms with E-state index in [0.29, 0.717) is 13.1 Å². The molecule has 9 heteroatoms. The molecule has 0 saturated carbocycles. The molecule has 0 radical (unpaired) electrons. The number of rotatable bonds is 5. The zero-order chi connectivity index (χ0) is 17.7. The Balaban J connectivity index is 2.01. The predicted molar refractivity (Wildman–Crippen MR) is 82.5 cm³/mol. The highest BCUT2D eigenvalue weighted by atomic mass is 32.2. The Kier molecular flexibility index (Phi) is 5.88. The van der Waals surface area contributed by atoms with E-state index in [4.69, 9.17) is 6.42 Å². The first-order valence-corrected chi connectivity index (χ1v) is 8.78. The third-order valence-corrected chi connectivity index (χ3v) is 5.70. The molecule has 1 aromatic rings. The Morgan fingerprint density at radius 1 is 1.29 bits per heavy atom. The molecule has 1 amide bonds. The first kappa shape index (κ1) is 18.3. The topological polar surface area (TPSA) is 70.9 Å². The number of halogens is 2. The number of sulfonamides is 1. The SMILES string of the molecule is C#CCNC(=O)C[NH+]1CCN(S(=O)(=O)c2c(F)cccc2F)CC1. The molecule has 0 aliphatic carbocycles. The van der Waals surface area contributed by atoms with Gasteiger partial charge in [-0.3, -0.25) is 4.79 Å². The smallest absolute Gasteiger partial charge is 0.275 e. The molecule has 0 spiro atoms. The number of carbonyl (C=O) groups is 1. The van der Waals surface area contributed by atoms with Crippen LogP contribution < -0.4 is 10.2 Å². The number of terminal acetylenes is 1. The summed E-state index contributed by atoms with van der Waals surface area (Å²) in [5.74, 6) is -0.156. The van der Waals surface area contributed by atoms with Gasteiger partial charge in [0.15, 0.2) is 11.4 Å². The fraction of sp³-hybridized carbons (Fsp3) is 0.400. The van der Waals surface area contributed by atoms with Gasteiger partial charge in [-0.25, -0.2) is 17.2 Å². The van der Waals surface area contributed by atoms with E-state index in [1.165, 1.54) is 0 Å². The van der Waals surface area contributed by atoms with Crippen molar-refractivity contribution in [2.75, 3.05) is 39.3 Å². The molecule has 1 heterocycles. The van der Waals surface area contributed by atoms with Gasteiger partial charge in [-0.2, -0.15) is 4.31 Å². The Hall–Kier alpha value is -2.02. The van der Waals surface area contributed by atoms with E-state index in [0.717, 1.165) is 27.4 Å². The number of nitrogens with one attached hydrogen (secondary N) is 2. The summed E-state index contributed by atoms with van der Waals surface area (Å²) in [5.41, 5.74) is 0. The van der Waals surface area contributed by atoms with Gasteiger partial charge in [0.2, 0.25) is 10.0 Å². The Labute approximate surface area is 139 Å². The van der Waals surface area contributed by atoms with Crippen LogP contribution in [0.5, 0.6) is 0 Å². The zero-order valence-corrected chi connectivity index (χ0v) is 13.7. The fourth-order valence-electron chi connectivity index (χ4n) is 2.52. The summed E-state index contributed by atoms with van der Waals surface area (Å²) in [4.78, 5) is 11.6. The largest absolute Gasteiger partial charge is 0.340 e. The molecule has 24 heavy (non-hydrogen) atoms. The maximum absolute atomic E-state index is 13.7. The average Bonchev–Trinajstić information content (AvgIpc) is 2.53. The van der Waals surface area contributed by atoms with Gasteiger partial charge in [-0.15, -0.1) is 6.42 Å². The molecule has 1 saturated heterocycles. The van der Waals surface area contributed by atoms with Crippen LogP contribution in [0.3, 0.4) is 0 Å². The second-order valence-corrected chi connectivity index (χ2v) is 7.24. The summed E-state index contributed by atoms with van der Waals surface area (Å²) >= 11 is 0. The lowest BCUT2D eigenvalue weighted by Crippen LogP contribution is -3.15.